The van der Waals surface area contributed by atoms with Crippen molar-refractivity contribution in [1.82, 2.24) is 10.3 Å². The van der Waals surface area contributed by atoms with Crippen LogP contribution in [0.5, 0.6) is 0 Å². The summed E-state index contributed by atoms with van der Waals surface area (Å²) >= 11 is 1.96. The first-order chi connectivity index (χ1) is 14.1. The molecule has 0 bridgehead atoms. The van der Waals surface area contributed by atoms with Gasteiger partial charge in [0.1, 0.15) is 17.7 Å². The van der Waals surface area contributed by atoms with Gasteiger partial charge in [-0.05, 0) is 43.8 Å². The minimum atomic E-state index is -0.445. The van der Waals surface area contributed by atoms with E-state index >= 15 is 0 Å². The number of thioether (sulfide) groups is 1. The lowest BCUT2D eigenvalue weighted by atomic mass is 10.0. The topological polar surface area (TPSA) is 57.7 Å². The van der Waals surface area contributed by atoms with E-state index in [4.69, 9.17) is 4.74 Å². The van der Waals surface area contributed by atoms with Crippen LogP contribution in [0.3, 0.4) is 0 Å². The predicted molar refractivity (Wildman–Crippen MR) is 115 cm³/mol. The Morgan fingerprint density at radius 1 is 1.31 bits per heavy atom. The molecule has 2 aromatic rings. The molecule has 154 valence electrons. The van der Waals surface area contributed by atoms with Crippen molar-refractivity contribution in [3.8, 4) is 11.1 Å². The van der Waals surface area contributed by atoms with Crippen molar-refractivity contribution in [2.45, 2.75) is 13.0 Å². The predicted octanol–water partition coefficient (Wildman–Crippen LogP) is 3.29. The van der Waals surface area contributed by atoms with Crippen LogP contribution in [-0.2, 0) is 4.74 Å². The van der Waals surface area contributed by atoms with E-state index in [2.05, 4.69) is 15.2 Å². The van der Waals surface area contributed by atoms with Gasteiger partial charge in [-0.15, -0.1) is 0 Å². The number of likely N-dealkylation sites (N-methyl/N-ethyl adjacent to an activating group) is 1. The molecular formula is C21H25FN4O2S. The number of anilines is 2. The highest BCUT2D eigenvalue weighted by Crippen LogP contribution is 2.31. The Kier molecular flexibility index (Phi) is 5.91. The fourth-order valence-electron chi connectivity index (χ4n) is 3.79. The lowest BCUT2D eigenvalue weighted by Gasteiger charge is -2.28. The maximum Gasteiger partial charge on any atom is 0.414 e. The summed E-state index contributed by atoms with van der Waals surface area (Å²) in [7, 11) is 1.80. The number of carbonyl (C=O) groups excluding carboxylic acids is 1. The van der Waals surface area contributed by atoms with E-state index < -0.39 is 6.09 Å². The van der Waals surface area contributed by atoms with E-state index in [0.29, 0.717) is 24.3 Å². The molecular weight excluding hydrogens is 391 g/mol. The number of ether oxygens (including phenoxy) is 1. The quantitative estimate of drug-likeness (QED) is 0.807. The summed E-state index contributed by atoms with van der Waals surface area (Å²) in [6.45, 7) is 4.96. The third kappa shape index (κ3) is 4.18. The van der Waals surface area contributed by atoms with E-state index in [-0.39, 0.29) is 11.9 Å². The molecule has 1 aromatic carbocycles. The molecule has 2 fully saturated rings. The number of amides is 1. The van der Waals surface area contributed by atoms with Crippen molar-refractivity contribution in [2.75, 3.05) is 54.5 Å². The summed E-state index contributed by atoms with van der Waals surface area (Å²) in [6.07, 6.45) is 1.05. The van der Waals surface area contributed by atoms with E-state index in [9.17, 15) is 9.18 Å². The van der Waals surface area contributed by atoms with Crippen LogP contribution >= 0.6 is 11.8 Å². The normalized spacial score (nSPS) is 19.6. The van der Waals surface area contributed by atoms with Crippen LogP contribution in [0.4, 0.5) is 20.7 Å². The first-order valence-corrected chi connectivity index (χ1v) is 10.9. The van der Waals surface area contributed by atoms with Gasteiger partial charge in [-0.2, -0.15) is 11.8 Å². The number of aryl methyl sites for hydroxylation is 1. The molecule has 2 saturated heterocycles. The number of pyridine rings is 1. The van der Waals surface area contributed by atoms with Crippen LogP contribution in [0.15, 0.2) is 30.5 Å². The largest absolute Gasteiger partial charge is 0.443 e. The lowest BCUT2D eigenvalue weighted by Crippen LogP contribution is -2.33. The highest BCUT2D eigenvalue weighted by atomic mass is 32.2. The second-order valence-corrected chi connectivity index (χ2v) is 8.53. The Bertz CT molecular complexity index is 904. The number of halogens is 1. The molecule has 6 nitrogen and oxygen atoms in total. The molecule has 1 atom stereocenters. The number of hydrogen-bond donors (Lipinski definition) is 1. The van der Waals surface area contributed by atoms with Gasteiger partial charge in [0, 0.05) is 48.5 Å². The number of cyclic esters (lactones) is 1. The molecule has 2 aliphatic rings. The summed E-state index contributed by atoms with van der Waals surface area (Å²) in [5.74, 6) is 2.80. The van der Waals surface area contributed by atoms with Crippen LogP contribution in [0.2, 0.25) is 0 Å². The van der Waals surface area contributed by atoms with E-state index in [1.807, 2.05) is 24.8 Å². The first-order valence-electron chi connectivity index (χ1n) is 9.79. The van der Waals surface area contributed by atoms with Gasteiger partial charge in [0.15, 0.2) is 0 Å². The van der Waals surface area contributed by atoms with Crippen molar-refractivity contribution in [1.29, 1.82) is 0 Å². The Hall–Kier alpha value is -2.32. The van der Waals surface area contributed by atoms with Gasteiger partial charge in [-0.1, -0.05) is 0 Å². The van der Waals surface area contributed by atoms with E-state index in [1.54, 1.807) is 25.4 Å². The standard InChI is InChI=1S/C21H25FN4O2S/c1-14-9-15(11-24-20(14)25-5-7-29-8-6-25)18-4-3-16(10-19(18)22)26-13-17(12-23-2)28-21(26)27/h3-4,9-11,17,23H,5-8,12-13H2,1-2H3. The van der Waals surface area contributed by atoms with Crippen molar-refractivity contribution >= 4 is 29.4 Å². The number of aromatic nitrogens is 1. The van der Waals surface area contributed by atoms with Gasteiger partial charge in [-0.3, -0.25) is 4.90 Å². The molecule has 2 aliphatic heterocycles. The van der Waals surface area contributed by atoms with Gasteiger partial charge < -0.3 is 15.0 Å². The molecule has 1 N–H and O–H groups in total. The number of hydrogen-bond acceptors (Lipinski definition) is 6. The Balaban J connectivity index is 1.55. The smallest absolute Gasteiger partial charge is 0.414 e. The summed E-state index contributed by atoms with van der Waals surface area (Å²) in [4.78, 5) is 20.5. The fourth-order valence-corrected chi connectivity index (χ4v) is 4.70. The Morgan fingerprint density at radius 2 is 2.10 bits per heavy atom. The van der Waals surface area contributed by atoms with Crippen LogP contribution in [-0.4, -0.2) is 61.9 Å². The molecule has 8 heteroatoms. The van der Waals surface area contributed by atoms with E-state index in [0.717, 1.165) is 41.5 Å². The fraction of sp³-hybridized carbons (Fsp3) is 0.429. The van der Waals surface area contributed by atoms with Crippen molar-refractivity contribution in [2.24, 2.45) is 0 Å². The average molecular weight is 417 g/mol. The third-order valence-electron chi connectivity index (χ3n) is 5.24. The number of carbonyl (C=O) groups is 1. The minimum Gasteiger partial charge on any atom is -0.443 e. The van der Waals surface area contributed by atoms with Crippen molar-refractivity contribution in [3.63, 3.8) is 0 Å². The Morgan fingerprint density at radius 3 is 2.79 bits per heavy atom. The van der Waals surface area contributed by atoms with Crippen LogP contribution in [0, 0.1) is 12.7 Å². The molecule has 1 aromatic heterocycles. The molecule has 0 saturated carbocycles. The molecule has 1 amide bonds. The molecule has 0 spiro atoms. The van der Waals surface area contributed by atoms with Gasteiger partial charge in [0.25, 0.3) is 0 Å². The van der Waals surface area contributed by atoms with E-state index in [1.165, 1.54) is 11.0 Å². The second-order valence-electron chi connectivity index (χ2n) is 7.30. The number of nitrogens with one attached hydrogen (secondary N) is 1. The van der Waals surface area contributed by atoms with Gasteiger partial charge in [0.05, 0.1) is 12.2 Å². The zero-order chi connectivity index (χ0) is 20.4. The zero-order valence-corrected chi connectivity index (χ0v) is 17.5. The van der Waals surface area contributed by atoms with Crippen molar-refractivity contribution in [3.05, 3.63) is 41.8 Å². The molecule has 3 heterocycles. The average Bonchev–Trinajstić information content (AvgIpc) is 3.09. The van der Waals surface area contributed by atoms with Crippen LogP contribution in [0.1, 0.15) is 5.56 Å². The van der Waals surface area contributed by atoms with Crippen LogP contribution < -0.4 is 15.1 Å². The van der Waals surface area contributed by atoms with Gasteiger partial charge >= 0.3 is 6.09 Å². The maximum atomic E-state index is 14.9. The summed E-state index contributed by atoms with van der Waals surface area (Å²) in [6, 6.07) is 6.84. The summed E-state index contributed by atoms with van der Waals surface area (Å²) in [5, 5.41) is 2.99. The molecule has 0 radical (unpaired) electrons. The summed E-state index contributed by atoms with van der Waals surface area (Å²) in [5.41, 5.74) is 2.75. The number of rotatable bonds is 5. The molecule has 1 unspecified atom stereocenters. The molecule has 4 rings (SSSR count). The molecule has 29 heavy (non-hydrogen) atoms. The van der Waals surface area contributed by atoms with Crippen LogP contribution in [0.25, 0.3) is 11.1 Å². The maximum absolute atomic E-state index is 14.9. The monoisotopic (exact) mass is 416 g/mol. The van der Waals surface area contributed by atoms with Gasteiger partial charge in [0.2, 0.25) is 0 Å². The lowest BCUT2D eigenvalue weighted by molar-refractivity contribution is 0.141. The number of benzene rings is 1. The first kappa shape index (κ1) is 20.0. The second kappa shape index (κ2) is 8.59. The third-order valence-corrected chi connectivity index (χ3v) is 6.18. The Labute approximate surface area is 174 Å². The van der Waals surface area contributed by atoms with Crippen molar-refractivity contribution < 1.29 is 13.9 Å². The minimum absolute atomic E-state index is 0.234. The SMILES string of the molecule is CNCC1CN(c2ccc(-c3cnc(N4CCSCC4)c(C)c3)c(F)c2)C(=O)O1. The molecule has 0 aliphatic carbocycles. The zero-order valence-electron chi connectivity index (χ0n) is 16.7. The highest BCUT2D eigenvalue weighted by Gasteiger charge is 2.32. The highest BCUT2D eigenvalue weighted by molar-refractivity contribution is 7.99. The number of nitrogens with zero attached hydrogens (tertiary/aromatic N) is 3. The summed E-state index contributed by atoms with van der Waals surface area (Å²) < 4.78 is 20.2. The van der Waals surface area contributed by atoms with Gasteiger partial charge in [-0.25, -0.2) is 14.2 Å².